The Morgan fingerprint density at radius 1 is 1.00 bits per heavy atom. The molecule has 1 aliphatic rings. The molecule has 0 N–H and O–H groups in total. The second-order valence-corrected chi connectivity index (χ2v) is 5.57. The van der Waals surface area contributed by atoms with Crippen molar-refractivity contribution in [2.24, 2.45) is 0 Å². The average Bonchev–Trinajstić information content (AvgIpc) is 2.61. The summed E-state index contributed by atoms with van der Waals surface area (Å²) in [5, 5.41) is 2.19. The smallest absolute Gasteiger partial charge is 0.258 e. The van der Waals surface area contributed by atoms with Crippen LogP contribution in [0.4, 0.5) is 5.69 Å². The third-order valence-electron chi connectivity index (χ3n) is 4.18. The number of carbonyl (C=O) groups excluding carboxylic acids is 1. The second kappa shape index (κ2) is 5.26. The summed E-state index contributed by atoms with van der Waals surface area (Å²) in [5.41, 5.74) is 2.73. The summed E-state index contributed by atoms with van der Waals surface area (Å²) >= 11 is 0. The number of fused-ring (bicyclic) bond motifs is 3. The average molecular weight is 288 g/mol. The van der Waals surface area contributed by atoms with Gasteiger partial charge in [-0.3, -0.25) is 9.78 Å². The number of pyridine rings is 1. The van der Waals surface area contributed by atoms with Crippen molar-refractivity contribution in [1.82, 2.24) is 4.98 Å². The van der Waals surface area contributed by atoms with Gasteiger partial charge in [0, 0.05) is 29.1 Å². The molecule has 2 aromatic carbocycles. The van der Waals surface area contributed by atoms with Gasteiger partial charge in [-0.1, -0.05) is 42.5 Å². The summed E-state index contributed by atoms with van der Waals surface area (Å²) < 4.78 is 0. The first kappa shape index (κ1) is 13.0. The first-order valence-corrected chi connectivity index (χ1v) is 7.58. The largest absolute Gasteiger partial charge is 0.306 e. The molecule has 2 heterocycles. The van der Waals surface area contributed by atoms with Gasteiger partial charge < -0.3 is 4.90 Å². The van der Waals surface area contributed by atoms with Gasteiger partial charge in [-0.2, -0.15) is 0 Å². The first-order valence-electron chi connectivity index (χ1n) is 7.58. The fraction of sp³-hybridized carbons (Fsp3) is 0.158. The molecule has 108 valence electrons. The number of carbonyl (C=O) groups is 1. The highest BCUT2D eigenvalue weighted by molar-refractivity contribution is 6.11. The number of benzene rings is 2. The quantitative estimate of drug-likeness (QED) is 0.682. The van der Waals surface area contributed by atoms with Crippen molar-refractivity contribution in [1.29, 1.82) is 0 Å². The molecule has 0 bridgehead atoms. The van der Waals surface area contributed by atoms with Gasteiger partial charge in [-0.15, -0.1) is 0 Å². The number of anilines is 1. The molecule has 0 fully saturated rings. The number of rotatable bonds is 1. The Bertz CT molecular complexity index is 842. The zero-order valence-corrected chi connectivity index (χ0v) is 12.2. The van der Waals surface area contributed by atoms with Crippen LogP contribution in [0.2, 0.25) is 0 Å². The highest BCUT2D eigenvalue weighted by Gasteiger charge is 2.26. The third kappa shape index (κ3) is 2.06. The van der Waals surface area contributed by atoms with Crippen LogP contribution in [0, 0.1) is 0 Å². The normalized spacial score (nSPS) is 13.9. The van der Waals surface area contributed by atoms with Gasteiger partial charge in [0.15, 0.2) is 0 Å². The van der Waals surface area contributed by atoms with Crippen LogP contribution >= 0.6 is 0 Å². The predicted molar refractivity (Wildman–Crippen MR) is 88.2 cm³/mol. The molecule has 0 atom stereocenters. The Morgan fingerprint density at radius 2 is 1.77 bits per heavy atom. The highest BCUT2D eigenvalue weighted by atomic mass is 16.2. The molecule has 1 aliphatic heterocycles. The van der Waals surface area contributed by atoms with E-state index in [4.69, 9.17) is 0 Å². The highest BCUT2D eigenvalue weighted by Crippen LogP contribution is 2.34. The van der Waals surface area contributed by atoms with Crippen LogP contribution in [0.15, 0.2) is 60.8 Å². The fourth-order valence-electron chi connectivity index (χ4n) is 3.13. The van der Waals surface area contributed by atoms with Crippen LogP contribution in [-0.2, 0) is 6.42 Å². The summed E-state index contributed by atoms with van der Waals surface area (Å²) in [6.45, 7) is 0.746. The minimum absolute atomic E-state index is 0.0553. The van der Waals surface area contributed by atoms with Crippen LogP contribution in [0.1, 0.15) is 22.5 Å². The minimum Gasteiger partial charge on any atom is -0.306 e. The number of aromatic nitrogens is 1. The van der Waals surface area contributed by atoms with E-state index in [0.29, 0.717) is 0 Å². The van der Waals surface area contributed by atoms with Gasteiger partial charge in [0.1, 0.15) is 0 Å². The summed E-state index contributed by atoms with van der Waals surface area (Å²) in [5.74, 6) is 0.0553. The Morgan fingerprint density at radius 3 is 2.64 bits per heavy atom. The Labute approximate surface area is 129 Å². The molecule has 3 aromatic rings. The standard InChI is InChI=1S/C19H16N2O/c22-19(14-7-2-1-3-8-14)21-12-6-11-17-18(21)16-10-5-4-9-15(16)13-20-17/h1-5,7-10,13H,6,11-12H2. The molecule has 0 radical (unpaired) electrons. The third-order valence-corrected chi connectivity index (χ3v) is 4.18. The van der Waals surface area contributed by atoms with E-state index in [-0.39, 0.29) is 5.91 Å². The maximum Gasteiger partial charge on any atom is 0.258 e. The van der Waals surface area contributed by atoms with E-state index in [2.05, 4.69) is 11.1 Å². The maximum absolute atomic E-state index is 12.9. The monoisotopic (exact) mass is 288 g/mol. The van der Waals surface area contributed by atoms with Crippen molar-refractivity contribution in [2.45, 2.75) is 12.8 Å². The van der Waals surface area contributed by atoms with Crippen molar-refractivity contribution < 1.29 is 4.79 Å². The van der Waals surface area contributed by atoms with Crippen LogP contribution in [0.25, 0.3) is 10.8 Å². The van der Waals surface area contributed by atoms with E-state index in [1.54, 1.807) is 0 Å². The molecule has 0 aliphatic carbocycles. The van der Waals surface area contributed by atoms with Gasteiger partial charge >= 0.3 is 0 Å². The van der Waals surface area contributed by atoms with E-state index in [1.807, 2.05) is 59.6 Å². The van der Waals surface area contributed by atoms with E-state index >= 15 is 0 Å². The van der Waals surface area contributed by atoms with E-state index in [9.17, 15) is 4.79 Å². The molecule has 0 saturated heterocycles. The van der Waals surface area contributed by atoms with E-state index in [1.165, 1.54) is 0 Å². The fourth-order valence-corrected chi connectivity index (χ4v) is 3.13. The number of hydrogen-bond donors (Lipinski definition) is 0. The van der Waals surface area contributed by atoms with Gasteiger partial charge in [-0.05, 0) is 25.0 Å². The number of nitrogens with zero attached hydrogens (tertiary/aromatic N) is 2. The molecule has 0 unspecified atom stereocenters. The van der Waals surface area contributed by atoms with E-state index < -0.39 is 0 Å². The van der Waals surface area contributed by atoms with Gasteiger partial charge in [0.05, 0.1) is 11.4 Å². The zero-order valence-electron chi connectivity index (χ0n) is 12.2. The summed E-state index contributed by atoms with van der Waals surface area (Å²) in [4.78, 5) is 19.4. The maximum atomic E-state index is 12.9. The Balaban J connectivity index is 1.88. The lowest BCUT2D eigenvalue weighted by Crippen LogP contribution is -2.36. The topological polar surface area (TPSA) is 33.2 Å². The van der Waals surface area contributed by atoms with Crippen LogP contribution in [0.5, 0.6) is 0 Å². The second-order valence-electron chi connectivity index (χ2n) is 5.57. The van der Waals surface area contributed by atoms with Crippen molar-refractivity contribution in [3.63, 3.8) is 0 Å². The predicted octanol–water partition coefficient (Wildman–Crippen LogP) is 3.83. The minimum atomic E-state index is 0.0553. The van der Waals surface area contributed by atoms with Gasteiger partial charge in [-0.25, -0.2) is 0 Å². The number of aryl methyl sites for hydroxylation is 1. The molecular weight excluding hydrogens is 272 g/mol. The molecule has 3 heteroatoms. The Hall–Kier alpha value is -2.68. The van der Waals surface area contributed by atoms with Crippen molar-refractivity contribution >= 4 is 22.4 Å². The van der Waals surface area contributed by atoms with Crippen molar-refractivity contribution in [3.8, 4) is 0 Å². The summed E-state index contributed by atoms with van der Waals surface area (Å²) in [6, 6.07) is 17.6. The molecule has 1 amide bonds. The Kier molecular flexibility index (Phi) is 3.11. The molecular formula is C19H16N2O. The molecule has 4 rings (SSSR count). The van der Waals surface area contributed by atoms with Gasteiger partial charge in [0.2, 0.25) is 0 Å². The van der Waals surface area contributed by atoms with Crippen LogP contribution in [-0.4, -0.2) is 17.4 Å². The van der Waals surface area contributed by atoms with E-state index in [0.717, 1.165) is 47.1 Å². The summed E-state index contributed by atoms with van der Waals surface area (Å²) in [6.07, 6.45) is 3.79. The van der Waals surface area contributed by atoms with Crippen LogP contribution < -0.4 is 4.90 Å². The molecule has 0 saturated carbocycles. The van der Waals surface area contributed by atoms with Crippen LogP contribution in [0.3, 0.4) is 0 Å². The molecule has 0 spiro atoms. The van der Waals surface area contributed by atoms with Crippen molar-refractivity contribution in [3.05, 3.63) is 72.1 Å². The lowest BCUT2D eigenvalue weighted by Gasteiger charge is -2.30. The molecule has 1 aromatic heterocycles. The lowest BCUT2D eigenvalue weighted by molar-refractivity contribution is 0.0985. The lowest BCUT2D eigenvalue weighted by atomic mass is 10.0. The first-order chi connectivity index (χ1) is 10.8. The molecule has 22 heavy (non-hydrogen) atoms. The van der Waals surface area contributed by atoms with Crippen molar-refractivity contribution in [2.75, 3.05) is 11.4 Å². The molecule has 3 nitrogen and oxygen atoms in total. The summed E-state index contributed by atoms with van der Waals surface area (Å²) in [7, 11) is 0. The SMILES string of the molecule is O=C(c1ccccc1)N1CCCc2ncc3ccccc3c21. The zero-order chi connectivity index (χ0) is 14.9. The van der Waals surface area contributed by atoms with Gasteiger partial charge in [0.25, 0.3) is 5.91 Å². The number of hydrogen-bond acceptors (Lipinski definition) is 2. The number of amides is 1.